The van der Waals surface area contributed by atoms with Gasteiger partial charge in [0.15, 0.2) is 11.5 Å². The molecule has 3 rings (SSSR count). The summed E-state index contributed by atoms with van der Waals surface area (Å²) in [5.41, 5.74) is 1.80. The molecule has 5 heteroatoms. The SMILES string of the molecule is Cc1cc2c(cc1NC(=O)CCC1CCCN1C)OCO2. The first-order valence-corrected chi connectivity index (χ1v) is 7.54. The molecule has 1 unspecified atom stereocenters. The van der Waals surface area contributed by atoms with Crippen molar-refractivity contribution < 1.29 is 14.3 Å². The second kappa shape index (κ2) is 5.93. The molecule has 0 saturated carbocycles. The number of nitrogens with zero attached hydrogens (tertiary/aromatic N) is 1. The molecule has 0 spiro atoms. The number of rotatable bonds is 4. The minimum Gasteiger partial charge on any atom is -0.454 e. The van der Waals surface area contributed by atoms with Gasteiger partial charge < -0.3 is 19.7 Å². The highest BCUT2D eigenvalue weighted by molar-refractivity contribution is 5.92. The number of hydrogen-bond acceptors (Lipinski definition) is 4. The number of benzene rings is 1. The summed E-state index contributed by atoms with van der Waals surface area (Å²) in [4.78, 5) is 14.5. The predicted octanol–water partition coefficient (Wildman–Crippen LogP) is 2.54. The third-order valence-electron chi connectivity index (χ3n) is 4.37. The Kier molecular flexibility index (Phi) is 4.01. The van der Waals surface area contributed by atoms with Crippen LogP contribution in [0.15, 0.2) is 12.1 Å². The van der Waals surface area contributed by atoms with Gasteiger partial charge in [0, 0.05) is 24.2 Å². The van der Waals surface area contributed by atoms with Crippen molar-refractivity contribution >= 4 is 11.6 Å². The molecule has 1 N–H and O–H groups in total. The van der Waals surface area contributed by atoms with E-state index < -0.39 is 0 Å². The molecule has 1 aromatic rings. The zero-order chi connectivity index (χ0) is 14.8. The van der Waals surface area contributed by atoms with Crippen molar-refractivity contribution in [3.63, 3.8) is 0 Å². The summed E-state index contributed by atoms with van der Waals surface area (Å²) in [6.45, 7) is 3.36. The van der Waals surface area contributed by atoms with Gasteiger partial charge in [0.2, 0.25) is 12.7 Å². The van der Waals surface area contributed by atoms with Crippen LogP contribution in [0.1, 0.15) is 31.2 Å². The van der Waals surface area contributed by atoms with Crippen molar-refractivity contribution in [3.8, 4) is 11.5 Å². The van der Waals surface area contributed by atoms with Crippen LogP contribution in [-0.2, 0) is 4.79 Å². The number of nitrogens with one attached hydrogen (secondary N) is 1. The molecule has 1 saturated heterocycles. The Hall–Kier alpha value is -1.75. The first-order valence-electron chi connectivity index (χ1n) is 7.54. The largest absolute Gasteiger partial charge is 0.454 e. The highest BCUT2D eigenvalue weighted by Gasteiger charge is 2.22. The Bertz CT molecular complexity index is 545. The summed E-state index contributed by atoms with van der Waals surface area (Å²) < 4.78 is 10.7. The van der Waals surface area contributed by atoms with Crippen molar-refractivity contribution in [1.29, 1.82) is 0 Å². The molecule has 2 aliphatic heterocycles. The predicted molar refractivity (Wildman–Crippen MR) is 80.8 cm³/mol. The molecule has 21 heavy (non-hydrogen) atoms. The van der Waals surface area contributed by atoms with E-state index in [-0.39, 0.29) is 12.7 Å². The Morgan fingerprint density at radius 1 is 1.38 bits per heavy atom. The van der Waals surface area contributed by atoms with Crippen LogP contribution >= 0.6 is 0 Å². The average Bonchev–Trinajstić information content (AvgIpc) is 3.05. The van der Waals surface area contributed by atoms with Crippen LogP contribution in [0.5, 0.6) is 11.5 Å². The van der Waals surface area contributed by atoms with Gasteiger partial charge in [-0.05, 0) is 51.4 Å². The standard InChI is InChI=1S/C16H22N2O3/c1-11-8-14-15(21-10-20-14)9-13(11)17-16(19)6-5-12-4-3-7-18(12)2/h8-9,12H,3-7,10H2,1-2H3,(H,17,19). The number of aryl methyl sites for hydroxylation is 1. The number of amides is 1. The van der Waals surface area contributed by atoms with Gasteiger partial charge in [-0.1, -0.05) is 0 Å². The first-order chi connectivity index (χ1) is 10.1. The quantitative estimate of drug-likeness (QED) is 0.926. The highest BCUT2D eigenvalue weighted by Crippen LogP contribution is 2.36. The van der Waals surface area contributed by atoms with Crippen molar-refractivity contribution in [1.82, 2.24) is 4.90 Å². The third-order valence-corrected chi connectivity index (χ3v) is 4.37. The van der Waals surface area contributed by atoms with Crippen LogP contribution in [0.2, 0.25) is 0 Å². The molecule has 5 nitrogen and oxygen atoms in total. The van der Waals surface area contributed by atoms with Crippen LogP contribution in [0, 0.1) is 6.92 Å². The maximum Gasteiger partial charge on any atom is 0.231 e. The van der Waals surface area contributed by atoms with Crippen molar-refractivity contribution in [2.45, 2.75) is 38.6 Å². The molecule has 0 bridgehead atoms. The minimum atomic E-state index is 0.0669. The smallest absolute Gasteiger partial charge is 0.231 e. The maximum atomic E-state index is 12.1. The summed E-state index contributed by atoms with van der Waals surface area (Å²) in [6, 6.07) is 4.30. The van der Waals surface area contributed by atoms with Crippen LogP contribution in [-0.4, -0.2) is 37.2 Å². The van der Waals surface area contributed by atoms with Gasteiger partial charge in [-0.25, -0.2) is 0 Å². The molecule has 0 aromatic heterocycles. The lowest BCUT2D eigenvalue weighted by molar-refractivity contribution is -0.116. The van der Waals surface area contributed by atoms with E-state index in [2.05, 4.69) is 17.3 Å². The summed E-state index contributed by atoms with van der Waals surface area (Å²) in [6.07, 6.45) is 3.92. The van der Waals surface area contributed by atoms with E-state index >= 15 is 0 Å². The molecule has 1 aromatic carbocycles. The molecule has 114 valence electrons. The van der Waals surface area contributed by atoms with E-state index in [4.69, 9.17) is 9.47 Å². The second-order valence-electron chi connectivity index (χ2n) is 5.88. The molecular formula is C16H22N2O3. The zero-order valence-corrected chi connectivity index (χ0v) is 12.6. The van der Waals surface area contributed by atoms with E-state index in [9.17, 15) is 4.79 Å². The molecule has 2 heterocycles. The number of likely N-dealkylation sites (tertiary alicyclic amines) is 1. The van der Waals surface area contributed by atoms with Gasteiger partial charge in [0.1, 0.15) is 0 Å². The van der Waals surface area contributed by atoms with Gasteiger partial charge in [-0.3, -0.25) is 4.79 Å². The number of anilines is 1. The van der Waals surface area contributed by atoms with E-state index in [0.29, 0.717) is 18.2 Å². The lowest BCUT2D eigenvalue weighted by Crippen LogP contribution is -2.26. The molecule has 1 fully saturated rings. The van der Waals surface area contributed by atoms with E-state index in [1.165, 1.54) is 12.8 Å². The van der Waals surface area contributed by atoms with Gasteiger partial charge in [0.25, 0.3) is 0 Å². The summed E-state index contributed by atoms with van der Waals surface area (Å²) >= 11 is 0. The molecule has 0 radical (unpaired) electrons. The third kappa shape index (κ3) is 3.13. The Morgan fingerprint density at radius 2 is 2.14 bits per heavy atom. The van der Waals surface area contributed by atoms with Crippen LogP contribution in [0.3, 0.4) is 0 Å². The number of fused-ring (bicyclic) bond motifs is 1. The summed E-state index contributed by atoms with van der Waals surface area (Å²) in [5.74, 6) is 1.52. The number of hydrogen-bond donors (Lipinski definition) is 1. The highest BCUT2D eigenvalue weighted by atomic mass is 16.7. The molecule has 1 atom stereocenters. The van der Waals surface area contributed by atoms with Gasteiger partial charge in [-0.15, -0.1) is 0 Å². The fourth-order valence-electron chi connectivity index (χ4n) is 3.03. The van der Waals surface area contributed by atoms with Crippen LogP contribution in [0.4, 0.5) is 5.69 Å². The monoisotopic (exact) mass is 290 g/mol. The number of carbonyl (C=O) groups excluding carboxylic acids is 1. The molecular weight excluding hydrogens is 268 g/mol. The van der Waals surface area contributed by atoms with E-state index in [1.807, 2.05) is 19.1 Å². The van der Waals surface area contributed by atoms with E-state index in [1.54, 1.807) is 0 Å². The lowest BCUT2D eigenvalue weighted by Gasteiger charge is -2.19. The van der Waals surface area contributed by atoms with Gasteiger partial charge in [0.05, 0.1) is 0 Å². The topological polar surface area (TPSA) is 50.8 Å². The lowest BCUT2D eigenvalue weighted by atomic mass is 10.1. The van der Waals surface area contributed by atoms with Gasteiger partial charge >= 0.3 is 0 Å². The zero-order valence-electron chi connectivity index (χ0n) is 12.6. The van der Waals surface area contributed by atoms with Crippen molar-refractivity contribution in [2.75, 3.05) is 25.7 Å². The Labute approximate surface area is 125 Å². The minimum absolute atomic E-state index is 0.0669. The summed E-state index contributed by atoms with van der Waals surface area (Å²) in [7, 11) is 2.14. The molecule has 2 aliphatic rings. The Balaban J connectivity index is 1.57. The number of ether oxygens (including phenoxy) is 2. The van der Waals surface area contributed by atoms with Crippen LogP contribution in [0.25, 0.3) is 0 Å². The fourth-order valence-corrected chi connectivity index (χ4v) is 3.03. The summed E-state index contributed by atoms with van der Waals surface area (Å²) in [5, 5.41) is 2.99. The Morgan fingerprint density at radius 3 is 2.86 bits per heavy atom. The fraction of sp³-hybridized carbons (Fsp3) is 0.562. The normalized spacial score (nSPS) is 20.8. The van der Waals surface area contributed by atoms with Crippen molar-refractivity contribution in [3.05, 3.63) is 17.7 Å². The van der Waals surface area contributed by atoms with Crippen molar-refractivity contribution in [2.24, 2.45) is 0 Å². The first kappa shape index (κ1) is 14.2. The maximum absolute atomic E-state index is 12.1. The molecule has 0 aliphatic carbocycles. The van der Waals surface area contributed by atoms with E-state index in [0.717, 1.165) is 30.0 Å². The second-order valence-corrected chi connectivity index (χ2v) is 5.88. The van der Waals surface area contributed by atoms with Gasteiger partial charge in [-0.2, -0.15) is 0 Å². The average molecular weight is 290 g/mol. The molecule has 1 amide bonds. The van der Waals surface area contributed by atoms with Crippen LogP contribution < -0.4 is 14.8 Å². The number of carbonyl (C=O) groups is 1.